The zero-order valence-electron chi connectivity index (χ0n) is 17.4. The number of ether oxygens (including phenoxy) is 1. The second-order valence-electron chi connectivity index (χ2n) is 7.94. The minimum absolute atomic E-state index is 0.0863. The first-order valence-electron chi connectivity index (χ1n) is 10.5. The Morgan fingerprint density at radius 1 is 1.16 bits per heavy atom. The van der Waals surface area contributed by atoms with E-state index in [4.69, 9.17) is 4.74 Å². The first-order chi connectivity index (χ1) is 15.2. The minimum atomic E-state index is 0.0863. The number of likely N-dealkylation sites (tertiary alicyclic amines) is 1. The van der Waals surface area contributed by atoms with Gasteiger partial charge < -0.3 is 14.2 Å². The molecule has 3 heterocycles. The lowest BCUT2D eigenvalue weighted by molar-refractivity contribution is 0.0595. The molecule has 7 heteroatoms. The van der Waals surface area contributed by atoms with Crippen LogP contribution in [0.25, 0.3) is 10.2 Å². The third kappa shape index (κ3) is 4.32. The van der Waals surface area contributed by atoms with Gasteiger partial charge in [0.25, 0.3) is 11.1 Å². The van der Waals surface area contributed by atoms with E-state index >= 15 is 0 Å². The largest absolute Gasteiger partial charge is 0.467 e. The number of rotatable bonds is 5. The first-order valence-corrected chi connectivity index (χ1v) is 11.3. The number of benzene rings is 2. The van der Waals surface area contributed by atoms with E-state index in [0.29, 0.717) is 13.1 Å². The fraction of sp³-hybridized carbons (Fsp3) is 0.292. The number of para-hydroxylation sites is 1. The monoisotopic (exact) mass is 432 g/mol. The van der Waals surface area contributed by atoms with E-state index in [-0.39, 0.29) is 12.0 Å². The highest BCUT2D eigenvalue weighted by atomic mass is 32.1. The second-order valence-corrected chi connectivity index (χ2v) is 8.94. The topological polar surface area (TPSA) is 60.2 Å². The third-order valence-electron chi connectivity index (χ3n) is 5.72. The van der Waals surface area contributed by atoms with E-state index in [2.05, 4.69) is 29.0 Å². The number of thiazole rings is 1. The number of nitrogens with zero attached hydrogens (tertiary/aromatic N) is 4. The number of carbonyl (C=O) groups excluding carboxylic acids is 1. The Balaban J connectivity index is 1.17. The van der Waals surface area contributed by atoms with Crippen molar-refractivity contribution in [1.29, 1.82) is 0 Å². The Morgan fingerprint density at radius 3 is 2.68 bits per heavy atom. The van der Waals surface area contributed by atoms with Crippen molar-refractivity contribution in [3.8, 4) is 5.19 Å². The number of aromatic nitrogens is 3. The summed E-state index contributed by atoms with van der Waals surface area (Å²) in [6.07, 6.45) is 7.23. The lowest BCUT2D eigenvalue weighted by atomic mass is 10.1. The molecule has 158 valence electrons. The molecular weight excluding hydrogens is 408 g/mol. The highest BCUT2D eigenvalue weighted by Crippen LogP contribution is 2.31. The smallest absolute Gasteiger partial charge is 0.274 e. The molecule has 1 saturated heterocycles. The fourth-order valence-electron chi connectivity index (χ4n) is 3.96. The van der Waals surface area contributed by atoms with E-state index in [1.807, 2.05) is 46.0 Å². The quantitative estimate of drug-likeness (QED) is 0.465. The van der Waals surface area contributed by atoms with Crippen LogP contribution in [0.2, 0.25) is 0 Å². The molecule has 1 aliphatic rings. The van der Waals surface area contributed by atoms with Gasteiger partial charge in [-0.25, -0.2) is 9.97 Å². The van der Waals surface area contributed by atoms with Gasteiger partial charge >= 0.3 is 0 Å². The minimum Gasteiger partial charge on any atom is -0.467 e. The van der Waals surface area contributed by atoms with E-state index in [0.717, 1.165) is 45.9 Å². The van der Waals surface area contributed by atoms with Gasteiger partial charge in [-0.1, -0.05) is 35.6 Å². The average molecular weight is 433 g/mol. The summed E-state index contributed by atoms with van der Waals surface area (Å²) in [6.45, 7) is 4.22. The van der Waals surface area contributed by atoms with Gasteiger partial charge in [0.15, 0.2) is 0 Å². The molecule has 0 aliphatic carbocycles. The zero-order chi connectivity index (χ0) is 21.2. The Morgan fingerprint density at radius 2 is 1.97 bits per heavy atom. The van der Waals surface area contributed by atoms with Crippen LogP contribution in [0.4, 0.5) is 0 Å². The van der Waals surface area contributed by atoms with E-state index in [9.17, 15) is 4.79 Å². The summed E-state index contributed by atoms with van der Waals surface area (Å²) in [4.78, 5) is 23.5. The molecule has 1 aliphatic heterocycles. The van der Waals surface area contributed by atoms with Gasteiger partial charge in [-0.15, -0.1) is 0 Å². The van der Waals surface area contributed by atoms with Crippen molar-refractivity contribution in [2.45, 2.75) is 32.4 Å². The van der Waals surface area contributed by atoms with Gasteiger partial charge in [0, 0.05) is 50.4 Å². The molecule has 2 aromatic heterocycles. The summed E-state index contributed by atoms with van der Waals surface area (Å²) in [5.41, 5.74) is 4.06. The molecule has 2 aromatic carbocycles. The average Bonchev–Trinajstić information content (AvgIpc) is 3.45. The normalized spacial score (nSPS) is 14.8. The number of aryl methyl sites for hydroxylation is 1. The highest BCUT2D eigenvalue weighted by Gasteiger charge is 2.25. The molecule has 6 nitrogen and oxygen atoms in total. The van der Waals surface area contributed by atoms with Crippen LogP contribution in [0.15, 0.2) is 61.2 Å². The lowest BCUT2D eigenvalue weighted by Gasteiger charge is -2.31. The molecule has 0 unspecified atom stereocenters. The molecule has 0 N–H and O–H groups in total. The van der Waals surface area contributed by atoms with Gasteiger partial charge in [0.05, 0.1) is 16.5 Å². The van der Waals surface area contributed by atoms with Crippen LogP contribution in [-0.2, 0) is 6.54 Å². The molecular formula is C24H24N4O2S. The Hall–Kier alpha value is -3.19. The number of piperidine rings is 1. The zero-order valence-corrected chi connectivity index (χ0v) is 18.2. The predicted molar refractivity (Wildman–Crippen MR) is 122 cm³/mol. The van der Waals surface area contributed by atoms with Crippen molar-refractivity contribution in [1.82, 2.24) is 19.4 Å². The number of imidazole rings is 1. The Bertz CT molecular complexity index is 1180. The molecule has 0 spiro atoms. The van der Waals surface area contributed by atoms with Gasteiger partial charge in [0.2, 0.25) is 0 Å². The second kappa shape index (κ2) is 8.51. The highest BCUT2D eigenvalue weighted by molar-refractivity contribution is 7.20. The van der Waals surface area contributed by atoms with Crippen molar-refractivity contribution >= 4 is 27.5 Å². The van der Waals surface area contributed by atoms with Crippen LogP contribution in [0.5, 0.6) is 5.19 Å². The maximum atomic E-state index is 12.9. The van der Waals surface area contributed by atoms with E-state index < -0.39 is 0 Å². The van der Waals surface area contributed by atoms with Crippen molar-refractivity contribution in [2.75, 3.05) is 13.1 Å². The molecule has 4 aromatic rings. The van der Waals surface area contributed by atoms with Crippen LogP contribution >= 0.6 is 11.3 Å². The molecule has 0 bridgehead atoms. The molecule has 0 radical (unpaired) electrons. The number of amides is 1. The summed E-state index contributed by atoms with van der Waals surface area (Å²) in [5.74, 6) is 0.0863. The van der Waals surface area contributed by atoms with Crippen molar-refractivity contribution in [2.24, 2.45) is 0 Å². The van der Waals surface area contributed by atoms with Crippen LogP contribution in [0.3, 0.4) is 0 Å². The Kier molecular flexibility index (Phi) is 5.42. The van der Waals surface area contributed by atoms with Gasteiger partial charge in [0.1, 0.15) is 6.10 Å². The molecule has 31 heavy (non-hydrogen) atoms. The SMILES string of the molecule is Cc1cccc2sc(OC3CCN(C(=O)c4ccc(Cn5ccnc5)cc4)CC3)nc12. The molecule has 1 amide bonds. The van der Waals surface area contributed by atoms with Crippen LogP contribution in [0.1, 0.15) is 34.3 Å². The summed E-state index contributed by atoms with van der Waals surface area (Å²) in [7, 11) is 0. The van der Waals surface area contributed by atoms with Crippen LogP contribution in [0, 0.1) is 6.92 Å². The summed E-state index contributed by atoms with van der Waals surface area (Å²) < 4.78 is 9.32. The summed E-state index contributed by atoms with van der Waals surface area (Å²) in [6, 6.07) is 14.1. The maximum absolute atomic E-state index is 12.9. The molecule has 0 atom stereocenters. The van der Waals surface area contributed by atoms with Gasteiger partial charge in [-0.2, -0.15) is 0 Å². The number of hydrogen-bond donors (Lipinski definition) is 0. The molecule has 5 rings (SSSR count). The van der Waals surface area contributed by atoms with E-state index in [1.165, 1.54) is 5.56 Å². The fourth-order valence-corrected chi connectivity index (χ4v) is 4.92. The molecule has 0 saturated carbocycles. The van der Waals surface area contributed by atoms with Crippen molar-refractivity contribution in [3.05, 3.63) is 77.9 Å². The predicted octanol–water partition coefficient (Wildman–Crippen LogP) is 4.53. The number of fused-ring (bicyclic) bond motifs is 1. The van der Waals surface area contributed by atoms with E-state index in [1.54, 1.807) is 23.9 Å². The number of carbonyl (C=O) groups is 1. The molecule has 1 fully saturated rings. The van der Waals surface area contributed by atoms with Crippen LogP contribution in [-0.4, -0.2) is 44.5 Å². The lowest BCUT2D eigenvalue weighted by Crippen LogP contribution is -2.41. The maximum Gasteiger partial charge on any atom is 0.274 e. The van der Waals surface area contributed by atoms with Crippen LogP contribution < -0.4 is 4.74 Å². The summed E-state index contributed by atoms with van der Waals surface area (Å²) >= 11 is 1.59. The van der Waals surface area contributed by atoms with Crippen molar-refractivity contribution in [3.63, 3.8) is 0 Å². The van der Waals surface area contributed by atoms with Gasteiger partial charge in [-0.05, 0) is 36.2 Å². The number of hydrogen-bond acceptors (Lipinski definition) is 5. The first kappa shape index (κ1) is 19.8. The van der Waals surface area contributed by atoms with Gasteiger partial charge in [-0.3, -0.25) is 4.79 Å². The third-order valence-corrected chi connectivity index (χ3v) is 6.63. The Labute approximate surface area is 185 Å². The standard InChI is InChI=1S/C24H24N4O2S/c1-17-3-2-4-21-22(17)26-24(31-21)30-20-9-12-28(13-10-20)23(29)19-7-5-18(6-8-19)15-27-14-11-25-16-27/h2-8,11,14,16,20H,9-10,12-13,15H2,1H3. The van der Waals surface area contributed by atoms with Crippen molar-refractivity contribution < 1.29 is 9.53 Å². The summed E-state index contributed by atoms with van der Waals surface area (Å²) in [5, 5.41) is 0.725.